The van der Waals surface area contributed by atoms with Gasteiger partial charge in [-0.1, -0.05) is 11.6 Å². The van der Waals surface area contributed by atoms with Crippen LogP contribution in [0.4, 0.5) is 13.2 Å². The number of rotatable bonds is 3. The Labute approximate surface area is 159 Å². The van der Waals surface area contributed by atoms with Crippen LogP contribution in [0.25, 0.3) is 0 Å². The lowest BCUT2D eigenvalue weighted by molar-refractivity contribution is -0.137. The highest BCUT2D eigenvalue weighted by atomic mass is 35.5. The van der Waals surface area contributed by atoms with E-state index in [9.17, 15) is 26.4 Å². The van der Waals surface area contributed by atoms with Crippen molar-refractivity contribution in [2.75, 3.05) is 11.6 Å². The normalized spacial score (nSPS) is 19.6. The third kappa shape index (κ3) is 4.65. The first-order valence-electron chi connectivity index (χ1n) is 7.52. The van der Waals surface area contributed by atoms with Gasteiger partial charge in [-0.3, -0.25) is 4.79 Å². The average molecular weight is 431 g/mol. The van der Waals surface area contributed by atoms with E-state index in [1.165, 1.54) is 11.8 Å². The summed E-state index contributed by atoms with van der Waals surface area (Å²) in [6.45, 7) is 5.24. The van der Waals surface area contributed by atoms with E-state index in [1.807, 2.05) is 0 Å². The molecule has 1 aromatic carbocycles. The molecule has 2 rings (SSSR count). The summed E-state index contributed by atoms with van der Waals surface area (Å²) in [6, 6.07) is 1.09. The van der Waals surface area contributed by atoms with Gasteiger partial charge in [0.25, 0.3) is 0 Å². The number of halogens is 4. The number of carbonyl (C=O) groups is 1. The monoisotopic (exact) mass is 430 g/mol. The van der Waals surface area contributed by atoms with Gasteiger partial charge < -0.3 is 5.32 Å². The molecule has 1 amide bonds. The lowest BCUT2D eigenvalue weighted by atomic mass is 10.1. The highest BCUT2D eigenvalue weighted by molar-refractivity contribution is 8.00. The van der Waals surface area contributed by atoms with Crippen LogP contribution in [0.5, 0.6) is 0 Å². The van der Waals surface area contributed by atoms with Gasteiger partial charge in [0.2, 0.25) is 15.9 Å². The smallest absolute Gasteiger partial charge is 0.350 e. The van der Waals surface area contributed by atoms with E-state index in [0.29, 0.717) is 12.1 Å². The average Bonchev–Trinajstić information content (AvgIpc) is 2.94. The first-order valence-corrected chi connectivity index (χ1v) is 10.5. The number of nitrogens with one attached hydrogen (secondary N) is 1. The van der Waals surface area contributed by atoms with Gasteiger partial charge in [0, 0.05) is 11.3 Å². The summed E-state index contributed by atoms with van der Waals surface area (Å²) in [5.41, 5.74) is -1.70. The minimum Gasteiger partial charge on any atom is -0.350 e. The van der Waals surface area contributed by atoms with Gasteiger partial charge in [0.05, 0.1) is 16.5 Å². The Bertz CT molecular complexity index is 807. The molecular weight excluding hydrogens is 413 g/mol. The Morgan fingerprint density at radius 3 is 2.46 bits per heavy atom. The predicted octanol–water partition coefficient (Wildman–Crippen LogP) is 3.34. The zero-order valence-electron chi connectivity index (χ0n) is 14.2. The number of sulfonamides is 1. The van der Waals surface area contributed by atoms with Crippen molar-refractivity contribution in [2.45, 2.75) is 43.4 Å². The number of nitrogens with zero attached hydrogens (tertiary/aromatic N) is 1. The molecule has 1 saturated heterocycles. The second-order valence-electron chi connectivity index (χ2n) is 6.79. The molecule has 1 fully saturated rings. The second kappa shape index (κ2) is 7.21. The van der Waals surface area contributed by atoms with Gasteiger partial charge in [0.15, 0.2) is 0 Å². The van der Waals surface area contributed by atoms with Gasteiger partial charge in [-0.25, -0.2) is 8.42 Å². The van der Waals surface area contributed by atoms with Crippen molar-refractivity contribution >= 4 is 39.3 Å². The molecule has 0 saturated carbocycles. The number of amides is 1. The Kier molecular flexibility index (Phi) is 5.92. The molecule has 1 unspecified atom stereocenters. The summed E-state index contributed by atoms with van der Waals surface area (Å²) in [5.74, 6) is -0.344. The summed E-state index contributed by atoms with van der Waals surface area (Å²) in [5, 5.41) is 2.36. The predicted molar refractivity (Wildman–Crippen MR) is 94.5 cm³/mol. The van der Waals surface area contributed by atoms with E-state index in [1.54, 1.807) is 20.8 Å². The van der Waals surface area contributed by atoms with Crippen molar-refractivity contribution in [3.63, 3.8) is 0 Å². The summed E-state index contributed by atoms with van der Waals surface area (Å²) < 4.78 is 65.5. The van der Waals surface area contributed by atoms with Gasteiger partial charge in [-0.15, -0.1) is 11.8 Å². The number of carbonyl (C=O) groups excluding carboxylic acids is 1. The number of alkyl halides is 3. The van der Waals surface area contributed by atoms with Crippen molar-refractivity contribution in [1.82, 2.24) is 9.62 Å². The van der Waals surface area contributed by atoms with Crippen LogP contribution in [0.15, 0.2) is 23.1 Å². The number of benzene rings is 1. The molecule has 1 heterocycles. The molecule has 0 radical (unpaired) electrons. The maximum absolute atomic E-state index is 12.9. The molecule has 0 aromatic heterocycles. The molecule has 26 heavy (non-hydrogen) atoms. The summed E-state index contributed by atoms with van der Waals surface area (Å²) >= 11 is 7.06. The molecule has 1 atom stereocenters. The lowest BCUT2D eigenvalue weighted by Crippen LogP contribution is -2.52. The molecule has 0 spiro atoms. The molecule has 0 bridgehead atoms. The maximum Gasteiger partial charge on any atom is 0.416 e. The van der Waals surface area contributed by atoms with Crippen LogP contribution in [-0.4, -0.2) is 41.8 Å². The number of hydrogen-bond acceptors (Lipinski definition) is 4. The van der Waals surface area contributed by atoms with Crippen LogP contribution in [0.2, 0.25) is 5.02 Å². The molecule has 1 aromatic rings. The fourth-order valence-corrected chi connectivity index (χ4v) is 5.98. The van der Waals surface area contributed by atoms with E-state index in [-0.39, 0.29) is 16.7 Å². The molecule has 11 heteroatoms. The second-order valence-corrected chi connectivity index (χ2v) is 10.1. The van der Waals surface area contributed by atoms with Crippen molar-refractivity contribution in [1.29, 1.82) is 0 Å². The highest BCUT2D eigenvalue weighted by Gasteiger charge is 2.42. The third-order valence-corrected chi connectivity index (χ3v) is 7.00. The first-order chi connectivity index (χ1) is 11.7. The van der Waals surface area contributed by atoms with E-state index < -0.39 is 44.1 Å². The minimum absolute atomic E-state index is 0.0445. The molecule has 1 aliphatic rings. The van der Waals surface area contributed by atoms with E-state index >= 15 is 0 Å². The van der Waals surface area contributed by atoms with Gasteiger partial charge >= 0.3 is 6.18 Å². The standard InChI is InChI=1S/C15H18ClF3N2O3S2/c1-14(2,3)20-13(22)11-7-25-8-21(11)26(23,24)12-6-9(15(17,18)19)4-5-10(12)16/h4-6,11H,7-8H2,1-3H3,(H,20,22). The van der Waals surface area contributed by atoms with E-state index in [2.05, 4.69) is 5.32 Å². The van der Waals surface area contributed by atoms with Crippen molar-refractivity contribution < 1.29 is 26.4 Å². The number of thioether (sulfide) groups is 1. The van der Waals surface area contributed by atoms with Crippen LogP contribution in [0.1, 0.15) is 26.3 Å². The molecular formula is C15H18ClF3N2O3S2. The largest absolute Gasteiger partial charge is 0.416 e. The van der Waals surface area contributed by atoms with E-state index in [0.717, 1.165) is 10.4 Å². The van der Waals surface area contributed by atoms with Crippen LogP contribution in [-0.2, 0) is 21.0 Å². The topological polar surface area (TPSA) is 66.5 Å². The fourth-order valence-electron chi connectivity index (χ4n) is 2.33. The van der Waals surface area contributed by atoms with E-state index in [4.69, 9.17) is 11.6 Å². The molecule has 0 aliphatic carbocycles. The SMILES string of the molecule is CC(C)(C)NC(=O)C1CSCN1S(=O)(=O)c1cc(C(F)(F)F)ccc1Cl. The van der Waals surface area contributed by atoms with Gasteiger partial charge in [-0.05, 0) is 39.0 Å². The van der Waals surface area contributed by atoms with Gasteiger partial charge in [-0.2, -0.15) is 17.5 Å². The highest BCUT2D eigenvalue weighted by Crippen LogP contribution is 2.36. The Morgan fingerprint density at radius 1 is 1.31 bits per heavy atom. The molecule has 1 N–H and O–H groups in total. The van der Waals surface area contributed by atoms with Crippen molar-refractivity contribution in [3.8, 4) is 0 Å². The third-order valence-electron chi connectivity index (χ3n) is 3.49. The quantitative estimate of drug-likeness (QED) is 0.798. The number of hydrogen-bond donors (Lipinski definition) is 1. The van der Waals surface area contributed by atoms with Crippen LogP contribution >= 0.6 is 23.4 Å². The minimum atomic E-state index is -4.71. The molecule has 146 valence electrons. The van der Waals surface area contributed by atoms with Crippen LogP contribution in [0.3, 0.4) is 0 Å². The first kappa shape index (κ1) is 21.3. The van der Waals surface area contributed by atoms with Crippen molar-refractivity contribution in [3.05, 3.63) is 28.8 Å². The summed E-state index contributed by atoms with van der Waals surface area (Å²) in [4.78, 5) is 11.8. The summed E-state index contributed by atoms with van der Waals surface area (Å²) in [7, 11) is -4.38. The lowest BCUT2D eigenvalue weighted by Gasteiger charge is -2.27. The Hall–Kier alpha value is -0.970. The fraction of sp³-hybridized carbons (Fsp3) is 0.533. The zero-order chi connectivity index (χ0) is 19.9. The zero-order valence-corrected chi connectivity index (χ0v) is 16.6. The Balaban J connectivity index is 2.42. The van der Waals surface area contributed by atoms with Crippen LogP contribution in [0, 0.1) is 0 Å². The Morgan fingerprint density at radius 2 is 1.92 bits per heavy atom. The summed E-state index contributed by atoms with van der Waals surface area (Å²) in [6.07, 6.45) is -4.71. The molecule has 1 aliphatic heterocycles. The van der Waals surface area contributed by atoms with Crippen LogP contribution < -0.4 is 5.32 Å². The van der Waals surface area contributed by atoms with Crippen molar-refractivity contribution in [2.24, 2.45) is 0 Å². The maximum atomic E-state index is 12.9. The van der Waals surface area contributed by atoms with Gasteiger partial charge in [0.1, 0.15) is 10.9 Å². The molecule has 5 nitrogen and oxygen atoms in total.